The normalized spacial score (nSPS) is 14.6. The van der Waals surface area contributed by atoms with E-state index in [9.17, 15) is 0 Å². The predicted molar refractivity (Wildman–Crippen MR) is 51.9 cm³/mol. The predicted octanol–water partition coefficient (Wildman–Crippen LogP) is 0.675. The zero-order chi connectivity index (χ0) is 11.0. The van der Waals surface area contributed by atoms with E-state index < -0.39 is 0 Å². The van der Waals surface area contributed by atoms with E-state index in [1.807, 2.05) is 13.8 Å². The molecule has 0 aliphatic rings. The second-order valence-electron chi connectivity index (χ2n) is 2.85. The quantitative estimate of drug-likeness (QED) is 0.293. The Morgan fingerprint density at radius 3 is 2.79 bits per heavy atom. The Morgan fingerprint density at radius 1 is 1.71 bits per heavy atom. The molecular formula is C8H14N4O2. The van der Waals surface area contributed by atoms with Gasteiger partial charge in [0.15, 0.2) is 0 Å². The van der Waals surface area contributed by atoms with Gasteiger partial charge in [0.25, 0.3) is 0 Å². The molecular weight excluding hydrogens is 184 g/mol. The van der Waals surface area contributed by atoms with E-state index in [1.165, 1.54) is 0 Å². The molecule has 0 saturated carbocycles. The van der Waals surface area contributed by atoms with Crippen molar-refractivity contribution in [1.29, 1.82) is 5.26 Å². The van der Waals surface area contributed by atoms with Gasteiger partial charge in [0.05, 0.1) is 0 Å². The van der Waals surface area contributed by atoms with Crippen molar-refractivity contribution >= 4 is 11.5 Å². The molecule has 1 unspecified atom stereocenters. The smallest absolute Gasteiger partial charge is 0.224 e. The molecule has 3 N–H and O–H groups in total. The second-order valence-corrected chi connectivity index (χ2v) is 2.85. The largest absolute Gasteiger partial charge is 0.409 e. The van der Waals surface area contributed by atoms with Crippen molar-refractivity contribution in [2.45, 2.75) is 20.3 Å². The van der Waals surface area contributed by atoms with Crippen LogP contribution in [0.4, 0.5) is 0 Å². The van der Waals surface area contributed by atoms with Crippen LogP contribution in [0.25, 0.3) is 0 Å². The van der Waals surface area contributed by atoms with E-state index in [0.717, 1.165) is 6.42 Å². The summed E-state index contributed by atoms with van der Waals surface area (Å²) in [6.45, 7) is 4.41. The molecule has 0 bridgehead atoms. The van der Waals surface area contributed by atoms with Crippen LogP contribution in [-0.4, -0.2) is 23.4 Å². The molecule has 1 atom stereocenters. The Labute approximate surface area is 82.6 Å². The van der Waals surface area contributed by atoms with Crippen molar-refractivity contribution in [3.8, 4) is 6.07 Å². The lowest BCUT2D eigenvalue weighted by Crippen LogP contribution is -2.23. The highest BCUT2D eigenvalue weighted by Gasteiger charge is 2.05. The van der Waals surface area contributed by atoms with Crippen molar-refractivity contribution in [2.24, 2.45) is 22.0 Å². The number of nitriles is 1. The molecule has 14 heavy (non-hydrogen) atoms. The SMILES string of the molecule is CCC(C)CON=C(C#N)C(N)=NO. The third-order valence-electron chi connectivity index (χ3n) is 1.67. The van der Waals surface area contributed by atoms with Gasteiger partial charge in [-0.2, -0.15) is 5.26 Å². The van der Waals surface area contributed by atoms with E-state index in [2.05, 4.69) is 10.3 Å². The number of oxime groups is 2. The maximum absolute atomic E-state index is 8.52. The highest BCUT2D eigenvalue weighted by molar-refractivity contribution is 6.46. The standard InChI is InChI=1S/C8H14N4O2/c1-3-6(2)5-14-12-7(4-9)8(10)11-13/h6,13H,3,5H2,1-2H3,(H2,10,11). The molecule has 0 aromatic carbocycles. The highest BCUT2D eigenvalue weighted by Crippen LogP contribution is 2.00. The van der Waals surface area contributed by atoms with Crippen LogP contribution in [0.5, 0.6) is 0 Å². The Balaban J connectivity index is 4.15. The summed E-state index contributed by atoms with van der Waals surface area (Å²) in [4.78, 5) is 4.86. The zero-order valence-electron chi connectivity index (χ0n) is 8.27. The summed E-state index contributed by atoms with van der Waals surface area (Å²) < 4.78 is 0. The minimum Gasteiger partial charge on any atom is -0.409 e. The molecule has 0 rings (SSSR count). The van der Waals surface area contributed by atoms with Crippen LogP contribution in [-0.2, 0) is 4.84 Å². The van der Waals surface area contributed by atoms with Crippen molar-refractivity contribution < 1.29 is 10.0 Å². The Kier molecular flexibility index (Phi) is 5.87. The first-order valence-electron chi connectivity index (χ1n) is 4.23. The fourth-order valence-electron chi connectivity index (χ4n) is 0.519. The lowest BCUT2D eigenvalue weighted by Gasteiger charge is -2.05. The van der Waals surface area contributed by atoms with Crippen LogP contribution in [0, 0.1) is 17.2 Å². The first-order valence-corrected chi connectivity index (χ1v) is 4.23. The van der Waals surface area contributed by atoms with Gasteiger partial charge in [-0.05, 0) is 5.92 Å². The minimum absolute atomic E-state index is 0.226. The van der Waals surface area contributed by atoms with Crippen LogP contribution in [0.15, 0.2) is 10.3 Å². The lowest BCUT2D eigenvalue weighted by atomic mass is 10.1. The molecule has 0 spiro atoms. The van der Waals surface area contributed by atoms with Gasteiger partial charge in [-0.25, -0.2) is 0 Å². The van der Waals surface area contributed by atoms with Crippen LogP contribution in [0.1, 0.15) is 20.3 Å². The van der Waals surface area contributed by atoms with E-state index in [4.69, 9.17) is 21.0 Å². The monoisotopic (exact) mass is 198 g/mol. The van der Waals surface area contributed by atoms with Gasteiger partial charge in [0.1, 0.15) is 12.7 Å². The van der Waals surface area contributed by atoms with Gasteiger partial charge < -0.3 is 15.8 Å². The molecule has 0 saturated heterocycles. The van der Waals surface area contributed by atoms with Gasteiger partial charge >= 0.3 is 0 Å². The van der Waals surface area contributed by atoms with E-state index >= 15 is 0 Å². The maximum Gasteiger partial charge on any atom is 0.224 e. The molecule has 0 aromatic rings. The van der Waals surface area contributed by atoms with E-state index in [0.29, 0.717) is 12.5 Å². The van der Waals surface area contributed by atoms with Crippen LogP contribution >= 0.6 is 0 Å². The van der Waals surface area contributed by atoms with Gasteiger partial charge in [0, 0.05) is 0 Å². The number of hydrogen-bond acceptors (Lipinski definition) is 5. The van der Waals surface area contributed by atoms with Gasteiger partial charge in [-0.3, -0.25) is 0 Å². The number of hydrogen-bond donors (Lipinski definition) is 2. The molecule has 0 aromatic heterocycles. The summed E-state index contributed by atoms with van der Waals surface area (Å²) >= 11 is 0. The van der Waals surface area contributed by atoms with Gasteiger partial charge in [-0.1, -0.05) is 30.6 Å². The van der Waals surface area contributed by atoms with Crippen molar-refractivity contribution in [3.05, 3.63) is 0 Å². The van der Waals surface area contributed by atoms with Gasteiger partial charge in [-0.15, -0.1) is 0 Å². The summed E-state index contributed by atoms with van der Waals surface area (Å²) in [7, 11) is 0. The number of nitrogens with two attached hydrogens (primary N) is 1. The van der Waals surface area contributed by atoms with E-state index in [-0.39, 0.29) is 11.5 Å². The number of nitrogens with zero attached hydrogens (tertiary/aromatic N) is 3. The third kappa shape index (κ3) is 4.30. The average Bonchev–Trinajstić information content (AvgIpc) is 2.22. The molecule has 0 fully saturated rings. The first kappa shape index (κ1) is 12.2. The highest BCUT2D eigenvalue weighted by atomic mass is 16.6. The molecule has 6 nitrogen and oxygen atoms in total. The number of rotatable bonds is 5. The van der Waals surface area contributed by atoms with Crippen LogP contribution in [0.3, 0.4) is 0 Å². The summed E-state index contributed by atoms with van der Waals surface area (Å²) in [6, 6.07) is 1.65. The molecule has 6 heteroatoms. The van der Waals surface area contributed by atoms with Crippen molar-refractivity contribution in [3.63, 3.8) is 0 Å². The van der Waals surface area contributed by atoms with Gasteiger partial charge in [0.2, 0.25) is 11.5 Å². The van der Waals surface area contributed by atoms with Crippen molar-refractivity contribution in [2.75, 3.05) is 6.61 Å². The molecule has 0 heterocycles. The molecule has 0 radical (unpaired) electrons. The van der Waals surface area contributed by atoms with E-state index in [1.54, 1.807) is 6.07 Å². The lowest BCUT2D eigenvalue weighted by molar-refractivity contribution is 0.112. The summed E-state index contributed by atoms with van der Waals surface area (Å²) in [5.41, 5.74) is 4.92. The zero-order valence-corrected chi connectivity index (χ0v) is 8.27. The summed E-state index contributed by atoms with van der Waals surface area (Å²) in [5, 5.41) is 22.9. The van der Waals surface area contributed by atoms with Crippen LogP contribution < -0.4 is 5.73 Å². The Bertz CT molecular complexity index is 267. The molecule has 0 aliphatic heterocycles. The molecule has 0 amide bonds. The number of amidine groups is 1. The van der Waals surface area contributed by atoms with Crippen LogP contribution in [0.2, 0.25) is 0 Å². The summed E-state index contributed by atoms with van der Waals surface area (Å²) in [5.74, 6) is 0.00244. The summed E-state index contributed by atoms with van der Waals surface area (Å²) in [6.07, 6.45) is 0.959. The van der Waals surface area contributed by atoms with Crippen molar-refractivity contribution in [1.82, 2.24) is 0 Å². The first-order chi connectivity index (χ1) is 6.65. The minimum atomic E-state index is -0.350. The molecule has 0 aliphatic carbocycles. The molecule has 78 valence electrons. The Hall–Kier alpha value is -1.77. The second kappa shape index (κ2) is 6.71. The fraction of sp³-hybridized carbons (Fsp3) is 0.625. The average molecular weight is 198 g/mol. The fourth-order valence-corrected chi connectivity index (χ4v) is 0.519. The third-order valence-corrected chi connectivity index (χ3v) is 1.67. The maximum atomic E-state index is 8.52. The Morgan fingerprint density at radius 2 is 2.36 bits per heavy atom. The topological polar surface area (TPSA) is 104 Å².